The summed E-state index contributed by atoms with van der Waals surface area (Å²) in [6, 6.07) is 12.5. The lowest BCUT2D eigenvalue weighted by Crippen LogP contribution is -2.46. The molecule has 1 unspecified atom stereocenters. The van der Waals surface area contributed by atoms with Crippen molar-refractivity contribution >= 4 is 17.7 Å². The molecule has 1 aromatic carbocycles. The number of carbonyl (C=O) groups excluding carboxylic acids is 1. The SMILES string of the molecule is CC(NC(=N)NC(=O)Nc1ccncc1)OCc1ccccc1. The van der Waals surface area contributed by atoms with E-state index in [2.05, 4.69) is 20.9 Å². The average Bonchev–Trinajstić information content (AvgIpc) is 2.54. The molecule has 0 bridgehead atoms. The monoisotopic (exact) mass is 313 g/mol. The molecule has 7 nitrogen and oxygen atoms in total. The molecule has 1 heterocycles. The number of hydrogen-bond donors (Lipinski definition) is 4. The summed E-state index contributed by atoms with van der Waals surface area (Å²) in [4.78, 5) is 15.6. The zero-order valence-corrected chi connectivity index (χ0v) is 12.7. The average molecular weight is 313 g/mol. The molecular formula is C16H19N5O2. The molecule has 0 aliphatic rings. The van der Waals surface area contributed by atoms with E-state index in [-0.39, 0.29) is 5.96 Å². The Morgan fingerprint density at radius 2 is 1.91 bits per heavy atom. The van der Waals surface area contributed by atoms with Crippen LogP contribution in [0.4, 0.5) is 10.5 Å². The van der Waals surface area contributed by atoms with Crippen molar-refractivity contribution in [3.63, 3.8) is 0 Å². The first kappa shape index (κ1) is 16.4. The van der Waals surface area contributed by atoms with Crippen LogP contribution in [0.25, 0.3) is 0 Å². The van der Waals surface area contributed by atoms with Crippen LogP contribution in [0.5, 0.6) is 0 Å². The van der Waals surface area contributed by atoms with Gasteiger partial charge in [-0.1, -0.05) is 30.3 Å². The number of nitrogens with zero attached hydrogens (tertiary/aromatic N) is 1. The van der Waals surface area contributed by atoms with Crippen LogP contribution in [-0.4, -0.2) is 23.2 Å². The van der Waals surface area contributed by atoms with Crippen molar-refractivity contribution in [1.82, 2.24) is 15.6 Å². The van der Waals surface area contributed by atoms with Crippen LogP contribution in [-0.2, 0) is 11.3 Å². The van der Waals surface area contributed by atoms with E-state index >= 15 is 0 Å². The number of hydrogen-bond acceptors (Lipinski definition) is 4. The topological polar surface area (TPSA) is 99.1 Å². The van der Waals surface area contributed by atoms with Crippen LogP contribution in [0.2, 0.25) is 0 Å². The Balaban J connectivity index is 1.70. The van der Waals surface area contributed by atoms with Crippen molar-refractivity contribution in [2.75, 3.05) is 5.32 Å². The van der Waals surface area contributed by atoms with Gasteiger partial charge in [-0.05, 0) is 24.6 Å². The van der Waals surface area contributed by atoms with E-state index in [1.54, 1.807) is 31.5 Å². The third-order valence-corrected chi connectivity index (χ3v) is 2.87. The lowest BCUT2D eigenvalue weighted by Gasteiger charge is -2.17. The molecular weight excluding hydrogens is 294 g/mol. The number of rotatable bonds is 5. The van der Waals surface area contributed by atoms with Gasteiger partial charge in [0.1, 0.15) is 6.23 Å². The number of nitrogens with one attached hydrogen (secondary N) is 4. The van der Waals surface area contributed by atoms with Crippen LogP contribution in [0, 0.1) is 5.41 Å². The van der Waals surface area contributed by atoms with Gasteiger partial charge in [-0.3, -0.25) is 15.7 Å². The maximum absolute atomic E-state index is 11.7. The van der Waals surface area contributed by atoms with Gasteiger partial charge in [0, 0.05) is 18.1 Å². The van der Waals surface area contributed by atoms with Gasteiger partial charge < -0.3 is 15.4 Å². The summed E-state index contributed by atoms with van der Waals surface area (Å²) >= 11 is 0. The van der Waals surface area contributed by atoms with E-state index in [9.17, 15) is 4.79 Å². The van der Waals surface area contributed by atoms with Gasteiger partial charge in [0.05, 0.1) is 6.61 Å². The molecule has 0 aliphatic heterocycles. The fourth-order valence-electron chi connectivity index (χ4n) is 1.79. The number of benzene rings is 1. The predicted octanol–water partition coefficient (Wildman–Crippen LogP) is 2.29. The van der Waals surface area contributed by atoms with Crippen molar-refractivity contribution in [3.05, 3.63) is 60.4 Å². The zero-order chi connectivity index (χ0) is 16.5. The maximum Gasteiger partial charge on any atom is 0.325 e. The molecule has 0 radical (unpaired) electrons. The molecule has 0 spiro atoms. The van der Waals surface area contributed by atoms with Crippen LogP contribution >= 0.6 is 0 Å². The third kappa shape index (κ3) is 6.15. The van der Waals surface area contributed by atoms with Crippen molar-refractivity contribution < 1.29 is 9.53 Å². The predicted molar refractivity (Wildman–Crippen MR) is 87.9 cm³/mol. The Kier molecular flexibility index (Phi) is 6.07. The van der Waals surface area contributed by atoms with Gasteiger partial charge >= 0.3 is 6.03 Å². The normalized spacial score (nSPS) is 11.3. The highest BCUT2D eigenvalue weighted by atomic mass is 16.5. The van der Waals surface area contributed by atoms with Crippen LogP contribution < -0.4 is 16.0 Å². The van der Waals surface area contributed by atoms with E-state index in [4.69, 9.17) is 10.1 Å². The van der Waals surface area contributed by atoms with E-state index in [0.29, 0.717) is 12.3 Å². The molecule has 2 aromatic rings. The minimum absolute atomic E-state index is 0.142. The first-order valence-corrected chi connectivity index (χ1v) is 7.12. The number of aromatic nitrogens is 1. The highest BCUT2D eigenvalue weighted by molar-refractivity contribution is 6.01. The minimum atomic E-state index is -0.510. The summed E-state index contributed by atoms with van der Waals surface area (Å²) in [5, 5.41) is 15.4. The highest BCUT2D eigenvalue weighted by Gasteiger charge is 2.08. The second-order valence-electron chi connectivity index (χ2n) is 4.77. The molecule has 0 saturated heterocycles. The number of urea groups is 1. The standard InChI is InChI=1S/C16H19N5O2/c1-12(23-11-13-5-3-2-4-6-13)19-15(17)21-16(22)20-14-7-9-18-10-8-14/h2-10,12H,11H2,1H3,(H4,17,18,19,20,21,22). The molecule has 1 atom stereocenters. The summed E-state index contributed by atoms with van der Waals surface area (Å²) in [6.07, 6.45) is 2.72. The van der Waals surface area contributed by atoms with E-state index in [0.717, 1.165) is 5.56 Å². The zero-order valence-electron chi connectivity index (χ0n) is 12.7. The van der Waals surface area contributed by atoms with Crippen molar-refractivity contribution in [3.8, 4) is 0 Å². The number of amides is 2. The van der Waals surface area contributed by atoms with E-state index in [1.807, 2.05) is 30.3 Å². The molecule has 0 saturated carbocycles. The lowest BCUT2D eigenvalue weighted by molar-refractivity contribution is 0.0429. The Morgan fingerprint density at radius 3 is 2.61 bits per heavy atom. The van der Waals surface area contributed by atoms with E-state index in [1.165, 1.54) is 0 Å². The van der Waals surface area contributed by atoms with Crippen molar-refractivity contribution in [2.24, 2.45) is 0 Å². The second kappa shape index (κ2) is 8.50. The number of carbonyl (C=O) groups is 1. The molecule has 7 heteroatoms. The summed E-state index contributed by atoms with van der Waals surface area (Å²) in [7, 11) is 0. The number of ether oxygens (including phenoxy) is 1. The van der Waals surface area contributed by atoms with Crippen LogP contribution in [0.1, 0.15) is 12.5 Å². The summed E-state index contributed by atoms with van der Waals surface area (Å²) < 4.78 is 5.57. The molecule has 2 amide bonds. The van der Waals surface area contributed by atoms with Gasteiger partial charge in [0.2, 0.25) is 0 Å². The first-order chi connectivity index (χ1) is 11.1. The quantitative estimate of drug-likeness (QED) is 0.386. The van der Waals surface area contributed by atoms with Crippen molar-refractivity contribution in [1.29, 1.82) is 5.41 Å². The first-order valence-electron chi connectivity index (χ1n) is 7.12. The smallest absolute Gasteiger partial charge is 0.325 e. The summed E-state index contributed by atoms with van der Waals surface area (Å²) in [5.74, 6) is -0.142. The van der Waals surface area contributed by atoms with E-state index < -0.39 is 12.3 Å². The molecule has 120 valence electrons. The minimum Gasteiger partial charge on any atom is -0.354 e. The number of pyridine rings is 1. The molecule has 23 heavy (non-hydrogen) atoms. The second-order valence-corrected chi connectivity index (χ2v) is 4.77. The number of anilines is 1. The van der Waals surface area contributed by atoms with Crippen LogP contribution in [0.15, 0.2) is 54.9 Å². The van der Waals surface area contributed by atoms with Gasteiger partial charge in [0.15, 0.2) is 5.96 Å². The highest BCUT2D eigenvalue weighted by Crippen LogP contribution is 2.03. The molecule has 1 aromatic heterocycles. The molecule has 2 rings (SSSR count). The fourth-order valence-corrected chi connectivity index (χ4v) is 1.79. The fraction of sp³-hybridized carbons (Fsp3) is 0.188. The van der Waals surface area contributed by atoms with Crippen molar-refractivity contribution in [2.45, 2.75) is 19.8 Å². The Bertz CT molecular complexity index is 633. The Labute approximate surface area is 134 Å². The summed E-state index contributed by atoms with van der Waals surface area (Å²) in [5.41, 5.74) is 1.63. The van der Waals surface area contributed by atoms with Gasteiger partial charge in [-0.2, -0.15) is 0 Å². The maximum atomic E-state index is 11.7. The van der Waals surface area contributed by atoms with Gasteiger partial charge in [-0.25, -0.2) is 4.79 Å². The van der Waals surface area contributed by atoms with Gasteiger partial charge in [0.25, 0.3) is 0 Å². The summed E-state index contributed by atoms with van der Waals surface area (Å²) in [6.45, 7) is 2.19. The lowest BCUT2D eigenvalue weighted by atomic mass is 10.2. The molecule has 0 fully saturated rings. The largest absolute Gasteiger partial charge is 0.354 e. The molecule has 0 aliphatic carbocycles. The molecule has 4 N–H and O–H groups in total. The van der Waals surface area contributed by atoms with Crippen LogP contribution in [0.3, 0.4) is 0 Å². The Hall–Kier alpha value is -2.93. The Morgan fingerprint density at radius 1 is 1.22 bits per heavy atom. The van der Waals surface area contributed by atoms with Gasteiger partial charge in [-0.15, -0.1) is 0 Å². The third-order valence-electron chi connectivity index (χ3n) is 2.87. The number of guanidine groups is 1.